The van der Waals surface area contributed by atoms with Crippen LogP contribution in [0, 0.1) is 6.92 Å². The average Bonchev–Trinajstić information content (AvgIpc) is 3.01. The highest BCUT2D eigenvalue weighted by Crippen LogP contribution is 2.19. The number of carbonyl (C=O) groups is 4. The number of aromatic amines is 1. The van der Waals surface area contributed by atoms with Crippen LogP contribution >= 0.6 is 0 Å². The van der Waals surface area contributed by atoms with Gasteiger partial charge in [0.05, 0.1) is 44.9 Å². The number of rotatable bonds is 15. The molecule has 0 saturated carbocycles. The molecule has 2 heterocycles. The number of fused-ring (bicyclic) bond motifs is 1. The van der Waals surface area contributed by atoms with Crippen LogP contribution in [0.5, 0.6) is 0 Å². The lowest BCUT2D eigenvalue weighted by atomic mass is 10.1. The molecule has 0 atom stereocenters. The Balaban J connectivity index is 1.55. The number of aliphatic carboxylic acids is 3. The van der Waals surface area contributed by atoms with Crippen LogP contribution in [0.25, 0.3) is 10.9 Å². The Hall–Kier alpha value is -3.89. The van der Waals surface area contributed by atoms with Crippen molar-refractivity contribution in [2.45, 2.75) is 6.92 Å². The maximum atomic E-state index is 12.8. The number of aromatic nitrogens is 1. The van der Waals surface area contributed by atoms with E-state index in [0.29, 0.717) is 70.2 Å². The van der Waals surface area contributed by atoms with Gasteiger partial charge in [0.25, 0.3) is 0 Å². The Bertz CT molecular complexity index is 1320. The molecule has 5 N–H and O–H groups in total. The number of H-pyrrole nitrogens is 1. The molecule has 236 valence electrons. The quantitative estimate of drug-likeness (QED) is 0.171. The minimum absolute atomic E-state index is 0.145. The molecule has 1 aromatic heterocycles. The smallest absolute Gasteiger partial charge is 0.317 e. The van der Waals surface area contributed by atoms with Gasteiger partial charge in [0.15, 0.2) is 0 Å². The van der Waals surface area contributed by atoms with Crippen molar-refractivity contribution in [1.82, 2.24) is 24.6 Å². The van der Waals surface area contributed by atoms with Gasteiger partial charge in [-0.2, -0.15) is 0 Å². The molecular formula is C28H40N6O9. The van der Waals surface area contributed by atoms with Crippen LogP contribution in [-0.2, 0) is 23.9 Å². The van der Waals surface area contributed by atoms with Crippen LogP contribution in [0.1, 0.15) is 5.56 Å². The first kappa shape index (κ1) is 33.6. The maximum Gasteiger partial charge on any atom is 0.317 e. The number of ether oxygens (including phenoxy) is 1. The highest BCUT2D eigenvalue weighted by molar-refractivity contribution is 5.95. The van der Waals surface area contributed by atoms with Crippen molar-refractivity contribution in [3.05, 3.63) is 40.2 Å². The zero-order valence-corrected chi connectivity index (χ0v) is 24.3. The second-order valence-corrected chi connectivity index (χ2v) is 10.5. The first-order valence-electron chi connectivity index (χ1n) is 14.0. The minimum atomic E-state index is -1.09. The normalized spacial score (nSPS) is 15.2. The van der Waals surface area contributed by atoms with Gasteiger partial charge in [-0.15, -0.1) is 0 Å². The van der Waals surface area contributed by atoms with Gasteiger partial charge in [0.2, 0.25) is 11.5 Å². The molecule has 2 aromatic rings. The number of nitrogens with one attached hydrogen (secondary N) is 2. The molecule has 43 heavy (non-hydrogen) atoms. The number of pyridine rings is 1. The molecule has 1 fully saturated rings. The number of carboxylic acid groups (broad SMARTS) is 3. The van der Waals surface area contributed by atoms with E-state index in [1.807, 2.05) is 6.92 Å². The summed E-state index contributed by atoms with van der Waals surface area (Å²) in [5, 5.41) is 31.2. The van der Waals surface area contributed by atoms with E-state index in [0.717, 1.165) is 10.9 Å². The number of benzene rings is 1. The number of carboxylic acids is 3. The van der Waals surface area contributed by atoms with Crippen LogP contribution < -0.4 is 10.9 Å². The second-order valence-electron chi connectivity index (χ2n) is 10.5. The lowest BCUT2D eigenvalue weighted by Crippen LogP contribution is -2.45. The summed E-state index contributed by atoms with van der Waals surface area (Å²) in [7, 11) is 0. The second kappa shape index (κ2) is 16.7. The Kier molecular flexibility index (Phi) is 13.0. The van der Waals surface area contributed by atoms with Crippen molar-refractivity contribution in [1.29, 1.82) is 0 Å². The number of nitrogens with zero attached hydrogens (tertiary/aromatic N) is 4. The Morgan fingerprint density at radius 3 is 1.91 bits per heavy atom. The zero-order valence-electron chi connectivity index (χ0n) is 24.3. The summed E-state index contributed by atoms with van der Waals surface area (Å²) in [6.07, 6.45) is 0. The molecule has 1 aromatic carbocycles. The molecule has 1 aliphatic rings. The zero-order chi connectivity index (χ0) is 31.4. The molecule has 15 heteroatoms. The van der Waals surface area contributed by atoms with Crippen molar-refractivity contribution in [2.75, 3.05) is 97.1 Å². The molecule has 3 rings (SSSR count). The van der Waals surface area contributed by atoms with E-state index < -0.39 is 17.9 Å². The summed E-state index contributed by atoms with van der Waals surface area (Å²) >= 11 is 0. The monoisotopic (exact) mass is 604 g/mol. The van der Waals surface area contributed by atoms with Crippen molar-refractivity contribution >= 4 is 40.4 Å². The third-order valence-corrected chi connectivity index (χ3v) is 7.08. The van der Waals surface area contributed by atoms with E-state index in [1.54, 1.807) is 23.1 Å². The molecule has 0 unspecified atom stereocenters. The van der Waals surface area contributed by atoms with E-state index in [4.69, 9.17) is 14.9 Å². The van der Waals surface area contributed by atoms with Gasteiger partial charge >= 0.3 is 17.9 Å². The van der Waals surface area contributed by atoms with Crippen LogP contribution in [0.4, 0.5) is 5.69 Å². The van der Waals surface area contributed by atoms with Crippen LogP contribution in [0.15, 0.2) is 29.1 Å². The summed E-state index contributed by atoms with van der Waals surface area (Å²) < 4.78 is 5.72. The number of hydrogen-bond acceptors (Lipinski definition) is 10. The Morgan fingerprint density at radius 1 is 0.837 bits per heavy atom. The Morgan fingerprint density at radius 2 is 1.37 bits per heavy atom. The van der Waals surface area contributed by atoms with E-state index >= 15 is 0 Å². The van der Waals surface area contributed by atoms with E-state index in [2.05, 4.69) is 20.1 Å². The molecule has 0 spiro atoms. The summed E-state index contributed by atoms with van der Waals surface area (Å²) in [6.45, 7) is 5.58. The molecule has 1 aliphatic heterocycles. The lowest BCUT2D eigenvalue weighted by molar-refractivity contribution is -0.142. The minimum Gasteiger partial charge on any atom is -0.480 e. The van der Waals surface area contributed by atoms with E-state index in [-0.39, 0.29) is 44.2 Å². The molecule has 15 nitrogen and oxygen atoms in total. The Labute approximate surface area is 248 Å². The topological polar surface area (TPSA) is 196 Å². The van der Waals surface area contributed by atoms with Gasteiger partial charge in [0, 0.05) is 69.5 Å². The van der Waals surface area contributed by atoms with Gasteiger partial charge in [-0.1, -0.05) is 6.07 Å². The van der Waals surface area contributed by atoms with Crippen LogP contribution in [0.3, 0.4) is 0 Å². The van der Waals surface area contributed by atoms with Gasteiger partial charge in [-0.3, -0.25) is 43.6 Å². The van der Waals surface area contributed by atoms with Gasteiger partial charge in [0.1, 0.15) is 0 Å². The fourth-order valence-corrected chi connectivity index (χ4v) is 4.93. The van der Waals surface area contributed by atoms with Crippen molar-refractivity contribution in [3.8, 4) is 0 Å². The standard InChI is InChI=1S/C28H40N6O9/c1-20-14-24(35)30-23-15-21(2-3-22(20)23)29-25(36)16-33(17-26(37)38)8-6-31-4-5-32(11-13-43-12-10-31)7-9-34(18-27(39)40)19-28(41)42/h2-3,14-15H,4-13,16-19H2,1H3,(H,29,36)(H,30,35)(H,37,38)(H,39,40)(H,41,42). The summed E-state index contributed by atoms with van der Waals surface area (Å²) in [5.41, 5.74) is 1.64. The van der Waals surface area contributed by atoms with Crippen molar-refractivity contribution in [2.24, 2.45) is 0 Å². The number of aryl methyl sites for hydroxylation is 1. The number of amides is 1. The van der Waals surface area contributed by atoms with Crippen molar-refractivity contribution < 1.29 is 39.2 Å². The molecule has 0 aliphatic carbocycles. The van der Waals surface area contributed by atoms with Crippen LogP contribution in [0.2, 0.25) is 0 Å². The predicted octanol–water partition coefficient (Wildman–Crippen LogP) is -0.733. The van der Waals surface area contributed by atoms with Gasteiger partial charge in [-0.05, 0) is 24.6 Å². The third kappa shape index (κ3) is 12.1. The largest absolute Gasteiger partial charge is 0.480 e. The maximum absolute atomic E-state index is 12.8. The first-order chi connectivity index (χ1) is 20.5. The molecular weight excluding hydrogens is 564 g/mol. The predicted molar refractivity (Wildman–Crippen MR) is 157 cm³/mol. The lowest BCUT2D eigenvalue weighted by Gasteiger charge is -2.29. The first-order valence-corrected chi connectivity index (χ1v) is 14.0. The van der Waals surface area contributed by atoms with Gasteiger partial charge < -0.3 is 30.4 Å². The fourth-order valence-electron chi connectivity index (χ4n) is 4.93. The number of hydrogen-bond donors (Lipinski definition) is 5. The van der Waals surface area contributed by atoms with E-state index in [9.17, 15) is 29.1 Å². The van der Waals surface area contributed by atoms with E-state index in [1.165, 1.54) is 11.0 Å². The molecule has 1 saturated heterocycles. The van der Waals surface area contributed by atoms with Crippen molar-refractivity contribution in [3.63, 3.8) is 0 Å². The third-order valence-electron chi connectivity index (χ3n) is 7.08. The fraction of sp³-hybridized carbons (Fsp3) is 0.536. The molecule has 0 radical (unpaired) electrons. The average molecular weight is 605 g/mol. The summed E-state index contributed by atoms with van der Waals surface area (Å²) in [4.78, 5) is 68.3. The van der Waals surface area contributed by atoms with Crippen LogP contribution in [-0.4, -0.2) is 155 Å². The SMILES string of the molecule is Cc1cc(=O)[nH]c2cc(NC(=O)CN(CCN3CCOCCN(CCN(CC(=O)O)CC(=O)O)CC3)CC(=O)O)ccc12. The summed E-state index contributed by atoms with van der Waals surface area (Å²) in [5.74, 6) is -3.63. The number of carbonyl (C=O) groups excluding carboxylic acids is 1. The number of anilines is 1. The highest BCUT2D eigenvalue weighted by atomic mass is 16.5. The van der Waals surface area contributed by atoms with Gasteiger partial charge in [-0.25, -0.2) is 0 Å². The summed E-state index contributed by atoms with van der Waals surface area (Å²) in [6, 6.07) is 6.70. The molecule has 1 amide bonds. The molecule has 0 bridgehead atoms. The highest BCUT2D eigenvalue weighted by Gasteiger charge is 2.19.